The highest BCUT2D eigenvalue weighted by Crippen LogP contribution is 2.56. The number of ether oxygens (including phenoxy) is 1. The van der Waals surface area contributed by atoms with Gasteiger partial charge in [-0.25, -0.2) is 0 Å². The summed E-state index contributed by atoms with van der Waals surface area (Å²) in [4.78, 5) is 0. The number of aliphatic hydroxyl groups is 1. The van der Waals surface area contributed by atoms with E-state index in [1.807, 2.05) is 6.92 Å². The molecule has 0 aromatic rings. The first-order valence-electron chi connectivity index (χ1n) is 8.30. The number of hydrogen-bond acceptors (Lipinski definition) is 3. The van der Waals surface area contributed by atoms with Crippen LogP contribution in [0.5, 0.6) is 0 Å². The summed E-state index contributed by atoms with van der Waals surface area (Å²) >= 11 is 0. The van der Waals surface area contributed by atoms with Gasteiger partial charge in [-0.2, -0.15) is 0 Å². The zero-order valence-electron chi connectivity index (χ0n) is 13.7. The van der Waals surface area contributed by atoms with E-state index >= 15 is 0 Å². The normalized spacial score (nSPS) is 42.3. The van der Waals surface area contributed by atoms with Crippen LogP contribution in [-0.2, 0) is 4.74 Å². The Kier molecular flexibility index (Phi) is 4.54. The van der Waals surface area contributed by atoms with Gasteiger partial charge in [0.1, 0.15) is 0 Å². The van der Waals surface area contributed by atoms with Gasteiger partial charge in [0.2, 0.25) is 0 Å². The van der Waals surface area contributed by atoms with Gasteiger partial charge in [-0.3, -0.25) is 0 Å². The lowest BCUT2D eigenvalue weighted by atomic mass is 9.52. The van der Waals surface area contributed by atoms with Crippen molar-refractivity contribution in [3.05, 3.63) is 0 Å². The Bertz CT molecular complexity index is 320. The van der Waals surface area contributed by atoms with Crippen molar-refractivity contribution in [1.29, 1.82) is 0 Å². The minimum Gasteiger partial charge on any atom is -0.389 e. The van der Waals surface area contributed by atoms with Crippen LogP contribution < -0.4 is 5.73 Å². The molecule has 0 heterocycles. The lowest BCUT2D eigenvalue weighted by Crippen LogP contribution is -2.63. The first-order valence-corrected chi connectivity index (χ1v) is 8.30. The molecule has 0 amide bonds. The summed E-state index contributed by atoms with van der Waals surface area (Å²) in [6.45, 7) is 10.4. The van der Waals surface area contributed by atoms with E-state index in [9.17, 15) is 5.11 Å². The highest BCUT2D eigenvalue weighted by Gasteiger charge is 2.58. The molecule has 0 aromatic carbocycles. The van der Waals surface area contributed by atoms with E-state index in [1.54, 1.807) is 0 Å². The summed E-state index contributed by atoms with van der Waals surface area (Å²) in [5, 5.41) is 11.0. The highest BCUT2D eigenvalue weighted by atomic mass is 16.5. The fraction of sp³-hybridized carbons (Fsp3) is 1.00. The molecule has 0 bridgehead atoms. The third kappa shape index (κ3) is 2.77. The fourth-order valence-corrected chi connectivity index (χ4v) is 4.38. The molecule has 0 radical (unpaired) electrons. The molecule has 118 valence electrons. The van der Waals surface area contributed by atoms with Crippen molar-refractivity contribution < 1.29 is 9.84 Å². The van der Waals surface area contributed by atoms with Crippen LogP contribution in [0.4, 0.5) is 0 Å². The molecule has 2 saturated carbocycles. The monoisotopic (exact) mass is 283 g/mol. The molecule has 20 heavy (non-hydrogen) atoms. The zero-order valence-corrected chi connectivity index (χ0v) is 13.7. The molecular formula is C17H33NO2. The van der Waals surface area contributed by atoms with E-state index < -0.39 is 5.60 Å². The third-order valence-electron chi connectivity index (χ3n) is 6.08. The van der Waals surface area contributed by atoms with Crippen LogP contribution in [0.25, 0.3) is 0 Å². The summed E-state index contributed by atoms with van der Waals surface area (Å²) in [5.74, 6) is 0.758. The van der Waals surface area contributed by atoms with Crippen LogP contribution in [0.2, 0.25) is 0 Å². The Labute approximate surface area is 124 Å². The van der Waals surface area contributed by atoms with Gasteiger partial charge in [-0.1, -0.05) is 20.8 Å². The molecule has 0 spiro atoms. The van der Waals surface area contributed by atoms with Gasteiger partial charge >= 0.3 is 0 Å². The van der Waals surface area contributed by atoms with Gasteiger partial charge < -0.3 is 15.6 Å². The Morgan fingerprint density at radius 3 is 2.15 bits per heavy atom. The maximum Gasteiger partial charge on any atom is 0.0765 e. The number of nitrogens with two attached hydrogens (primary N) is 1. The van der Waals surface area contributed by atoms with Gasteiger partial charge in [0.15, 0.2) is 0 Å². The van der Waals surface area contributed by atoms with Gasteiger partial charge in [0.05, 0.1) is 11.7 Å². The largest absolute Gasteiger partial charge is 0.389 e. The van der Waals surface area contributed by atoms with E-state index in [-0.39, 0.29) is 11.5 Å². The molecule has 0 atom stereocenters. The first-order chi connectivity index (χ1) is 9.26. The summed E-state index contributed by atoms with van der Waals surface area (Å²) in [6, 6.07) is 0. The van der Waals surface area contributed by atoms with E-state index in [2.05, 4.69) is 20.8 Å². The highest BCUT2D eigenvalue weighted by molar-refractivity contribution is 5.10. The van der Waals surface area contributed by atoms with E-state index in [0.717, 1.165) is 38.2 Å². The topological polar surface area (TPSA) is 55.5 Å². The van der Waals surface area contributed by atoms with Crippen LogP contribution in [-0.4, -0.2) is 30.0 Å². The van der Waals surface area contributed by atoms with E-state index in [4.69, 9.17) is 10.5 Å². The van der Waals surface area contributed by atoms with Crippen molar-refractivity contribution >= 4 is 0 Å². The minimum absolute atomic E-state index is 0.0671. The molecule has 3 heteroatoms. The first kappa shape index (κ1) is 16.3. The van der Waals surface area contributed by atoms with Crippen LogP contribution in [0.15, 0.2) is 0 Å². The molecule has 0 saturated heterocycles. The standard InChI is InChI=1S/C17H33NO2/c1-5-20-14-10-17(19,11-14)16(12-18)8-6-13(7-9-16)15(2,3)4/h13-14,19H,5-12,18H2,1-4H3. The Hall–Kier alpha value is -0.120. The maximum atomic E-state index is 11.0. The molecule has 2 aliphatic carbocycles. The van der Waals surface area contributed by atoms with E-state index in [1.165, 1.54) is 12.8 Å². The molecule has 0 aromatic heterocycles. The van der Waals surface area contributed by atoms with Crippen molar-refractivity contribution in [2.24, 2.45) is 22.5 Å². The SMILES string of the molecule is CCOC1CC(O)(C2(CN)CCC(C(C)(C)C)CC2)C1. The molecular weight excluding hydrogens is 250 g/mol. The van der Waals surface area contributed by atoms with Gasteiger partial charge in [0.25, 0.3) is 0 Å². The maximum absolute atomic E-state index is 11.0. The lowest BCUT2D eigenvalue weighted by Gasteiger charge is -2.58. The fourth-order valence-electron chi connectivity index (χ4n) is 4.38. The average Bonchev–Trinajstić information content (AvgIpc) is 2.36. The molecule has 3 N–H and O–H groups in total. The van der Waals surface area contributed by atoms with Crippen molar-refractivity contribution in [2.75, 3.05) is 13.2 Å². The smallest absolute Gasteiger partial charge is 0.0765 e. The second-order valence-corrected chi connectivity index (χ2v) is 8.14. The Morgan fingerprint density at radius 2 is 1.75 bits per heavy atom. The third-order valence-corrected chi connectivity index (χ3v) is 6.08. The Morgan fingerprint density at radius 1 is 1.20 bits per heavy atom. The molecule has 2 fully saturated rings. The summed E-state index contributed by atoms with van der Waals surface area (Å²) in [7, 11) is 0. The van der Waals surface area contributed by atoms with E-state index in [0.29, 0.717) is 12.0 Å². The molecule has 0 unspecified atom stereocenters. The van der Waals surface area contributed by atoms with Crippen molar-refractivity contribution in [2.45, 2.75) is 77.9 Å². The predicted octanol–water partition coefficient (Wildman–Crippen LogP) is 3.10. The second kappa shape index (κ2) is 5.58. The quantitative estimate of drug-likeness (QED) is 0.833. The molecule has 0 aliphatic heterocycles. The number of rotatable bonds is 4. The molecule has 3 nitrogen and oxygen atoms in total. The van der Waals surface area contributed by atoms with Crippen molar-refractivity contribution in [3.8, 4) is 0 Å². The van der Waals surface area contributed by atoms with Crippen LogP contribution in [0, 0.1) is 16.7 Å². The predicted molar refractivity (Wildman–Crippen MR) is 82.5 cm³/mol. The van der Waals surface area contributed by atoms with Crippen molar-refractivity contribution in [3.63, 3.8) is 0 Å². The number of hydrogen-bond donors (Lipinski definition) is 2. The van der Waals surface area contributed by atoms with Gasteiger partial charge in [0, 0.05) is 31.4 Å². The lowest BCUT2D eigenvalue weighted by molar-refractivity contribution is -0.212. The minimum atomic E-state index is -0.579. The van der Waals surface area contributed by atoms with Crippen molar-refractivity contribution in [1.82, 2.24) is 0 Å². The summed E-state index contributed by atoms with van der Waals surface area (Å²) in [5.41, 5.74) is 5.83. The molecule has 2 rings (SSSR count). The van der Waals surface area contributed by atoms with Gasteiger partial charge in [-0.15, -0.1) is 0 Å². The van der Waals surface area contributed by atoms with Crippen LogP contribution >= 0.6 is 0 Å². The molecule has 2 aliphatic rings. The summed E-state index contributed by atoms with van der Waals surface area (Å²) < 4.78 is 5.63. The van der Waals surface area contributed by atoms with Crippen LogP contribution in [0.3, 0.4) is 0 Å². The summed E-state index contributed by atoms with van der Waals surface area (Å²) in [6.07, 6.45) is 6.33. The Balaban J connectivity index is 1.99. The second-order valence-electron chi connectivity index (χ2n) is 8.14. The van der Waals surface area contributed by atoms with Gasteiger partial charge in [-0.05, 0) is 43.9 Å². The zero-order chi connectivity index (χ0) is 15.0. The van der Waals surface area contributed by atoms with Crippen LogP contribution in [0.1, 0.15) is 66.2 Å². The average molecular weight is 283 g/mol.